The van der Waals surface area contributed by atoms with Gasteiger partial charge < -0.3 is 5.11 Å². The summed E-state index contributed by atoms with van der Waals surface area (Å²) in [7, 11) is 0. The number of carboxylic acids is 1. The number of nitrogens with zero attached hydrogens (tertiary/aromatic N) is 1. The van der Waals surface area contributed by atoms with E-state index in [-0.39, 0.29) is 12.0 Å². The van der Waals surface area contributed by atoms with E-state index in [4.69, 9.17) is 5.11 Å². The van der Waals surface area contributed by atoms with Gasteiger partial charge in [-0.1, -0.05) is 19.8 Å². The first kappa shape index (κ1) is 14.5. The van der Waals surface area contributed by atoms with E-state index in [0.29, 0.717) is 12.6 Å². The van der Waals surface area contributed by atoms with E-state index < -0.39 is 5.97 Å². The lowest BCUT2D eigenvalue weighted by molar-refractivity contribution is -0.137. The second kappa shape index (κ2) is 5.85. The lowest BCUT2D eigenvalue weighted by atomic mass is 9.84. The van der Waals surface area contributed by atoms with E-state index in [0.717, 1.165) is 5.92 Å². The molecule has 0 amide bonds. The molecule has 0 aromatic carbocycles. The summed E-state index contributed by atoms with van der Waals surface area (Å²) in [5.74, 6) is 0.0894. The Labute approximate surface area is 105 Å². The number of rotatable bonds is 4. The van der Waals surface area contributed by atoms with Crippen molar-refractivity contribution in [1.29, 1.82) is 0 Å². The summed E-state index contributed by atoms with van der Waals surface area (Å²) in [5, 5.41) is 8.85. The first-order chi connectivity index (χ1) is 7.80. The van der Waals surface area contributed by atoms with Crippen molar-refractivity contribution in [2.45, 2.75) is 71.4 Å². The molecule has 1 aliphatic carbocycles. The molecule has 1 aliphatic rings. The van der Waals surface area contributed by atoms with Gasteiger partial charge in [-0.2, -0.15) is 0 Å². The molecule has 1 rings (SSSR count). The lowest BCUT2D eigenvalue weighted by Crippen LogP contribution is -2.50. The standard InChI is InChI=1S/C14H27NO2/c1-11-6-5-7-12(10-11)15(14(2,3)4)9-8-13(16)17/h11-12H,5-10H2,1-4H3,(H,16,17). The Kier molecular flexibility index (Phi) is 4.99. The van der Waals surface area contributed by atoms with Gasteiger partial charge >= 0.3 is 5.97 Å². The van der Waals surface area contributed by atoms with Gasteiger partial charge in [0.05, 0.1) is 6.42 Å². The normalized spacial score (nSPS) is 26.2. The Balaban J connectivity index is 2.64. The molecule has 0 saturated heterocycles. The molecule has 100 valence electrons. The van der Waals surface area contributed by atoms with Crippen molar-refractivity contribution < 1.29 is 9.90 Å². The molecule has 1 saturated carbocycles. The minimum atomic E-state index is -0.692. The zero-order valence-electron chi connectivity index (χ0n) is 11.7. The molecule has 0 heterocycles. The average molecular weight is 241 g/mol. The topological polar surface area (TPSA) is 40.5 Å². The molecule has 0 bridgehead atoms. The average Bonchev–Trinajstić information content (AvgIpc) is 2.15. The Bertz CT molecular complexity index is 257. The highest BCUT2D eigenvalue weighted by Crippen LogP contribution is 2.31. The van der Waals surface area contributed by atoms with Crippen LogP contribution in [0.1, 0.15) is 59.8 Å². The van der Waals surface area contributed by atoms with Gasteiger partial charge in [-0.3, -0.25) is 9.69 Å². The second-order valence-electron chi connectivity index (χ2n) is 6.43. The molecule has 17 heavy (non-hydrogen) atoms. The van der Waals surface area contributed by atoms with Gasteiger partial charge in [-0.05, 0) is 39.5 Å². The molecule has 3 heteroatoms. The number of hydrogen-bond acceptors (Lipinski definition) is 2. The third kappa shape index (κ3) is 4.66. The van der Waals surface area contributed by atoms with Crippen LogP contribution in [-0.2, 0) is 4.79 Å². The van der Waals surface area contributed by atoms with Gasteiger partial charge in [0.15, 0.2) is 0 Å². The zero-order valence-corrected chi connectivity index (χ0v) is 11.7. The van der Waals surface area contributed by atoms with E-state index in [1.807, 2.05) is 0 Å². The van der Waals surface area contributed by atoms with Crippen LogP contribution >= 0.6 is 0 Å². The maximum atomic E-state index is 10.8. The van der Waals surface area contributed by atoms with Crippen LogP contribution in [-0.4, -0.2) is 34.1 Å². The van der Waals surface area contributed by atoms with E-state index in [1.54, 1.807) is 0 Å². The van der Waals surface area contributed by atoms with Crippen LogP contribution in [0.3, 0.4) is 0 Å². The molecule has 0 aliphatic heterocycles. The summed E-state index contributed by atoms with van der Waals surface area (Å²) in [6.45, 7) is 9.55. The van der Waals surface area contributed by atoms with Crippen LogP contribution in [0.2, 0.25) is 0 Å². The second-order valence-corrected chi connectivity index (χ2v) is 6.43. The van der Waals surface area contributed by atoms with Gasteiger partial charge in [0, 0.05) is 18.1 Å². The van der Waals surface area contributed by atoms with Crippen LogP contribution in [0, 0.1) is 5.92 Å². The molecule has 0 aromatic heterocycles. The third-order valence-corrected chi connectivity index (χ3v) is 3.78. The maximum absolute atomic E-state index is 10.8. The van der Waals surface area contributed by atoms with Crippen LogP contribution in [0.5, 0.6) is 0 Å². The molecular weight excluding hydrogens is 214 g/mol. The number of hydrogen-bond donors (Lipinski definition) is 1. The predicted molar refractivity (Wildman–Crippen MR) is 70.1 cm³/mol. The number of carboxylic acid groups (broad SMARTS) is 1. The first-order valence-corrected chi connectivity index (χ1v) is 6.79. The molecule has 1 N–H and O–H groups in total. The molecule has 1 fully saturated rings. The molecule has 0 radical (unpaired) electrons. The summed E-state index contributed by atoms with van der Waals surface area (Å²) in [4.78, 5) is 13.2. The molecule has 2 atom stereocenters. The minimum absolute atomic E-state index is 0.0666. The van der Waals surface area contributed by atoms with Gasteiger partial charge in [0.25, 0.3) is 0 Å². The summed E-state index contributed by atoms with van der Waals surface area (Å²) >= 11 is 0. The van der Waals surface area contributed by atoms with Crippen LogP contribution in [0.25, 0.3) is 0 Å². The highest BCUT2D eigenvalue weighted by molar-refractivity contribution is 5.66. The minimum Gasteiger partial charge on any atom is -0.481 e. The van der Waals surface area contributed by atoms with Gasteiger partial charge in [-0.15, -0.1) is 0 Å². The summed E-state index contributed by atoms with van der Waals surface area (Å²) in [6, 6.07) is 0.568. The number of carbonyl (C=O) groups is 1. The quantitative estimate of drug-likeness (QED) is 0.822. The smallest absolute Gasteiger partial charge is 0.304 e. The highest BCUT2D eigenvalue weighted by atomic mass is 16.4. The Morgan fingerprint density at radius 2 is 2.00 bits per heavy atom. The predicted octanol–water partition coefficient (Wildman–Crippen LogP) is 3.14. The van der Waals surface area contributed by atoms with Crippen LogP contribution in [0.15, 0.2) is 0 Å². The highest BCUT2D eigenvalue weighted by Gasteiger charge is 2.31. The summed E-state index contributed by atoms with van der Waals surface area (Å²) < 4.78 is 0. The fourth-order valence-corrected chi connectivity index (χ4v) is 2.97. The van der Waals surface area contributed by atoms with Crippen molar-refractivity contribution in [3.05, 3.63) is 0 Å². The maximum Gasteiger partial charge on any atom is 0.304 e. The molecule has 0 aromatic rings. The van der Waals surface area contributed by atoms with Crippen molar-refractivity contribution >= 4 is 5.97 Å². The fraction of sp³-hybridized carbons (Fsp3) is 0.929. The van der Waals surface area contributed by atoms with Crippen molar-refractivity contribution in [2.24, 2.45) is 5.92 Å². The van der Waals surface area contributed by atoms with Crippen molar-refractivity contribution in [3.63, 3.8) is 0 Å². The first-order valence-electron chi connectivity index (χ1n) is 6.79. The van der Waals surface area contributed by atoms with Gasteiger partial charge in [0.1, 0.15) is 0 Å². The summed E-state index contributed by atoms with van der Waals surface area (Å²) in [5.41, 5.74) is 0.0666. The molecule has 0 spiro atoms. The van der Waals surface area contributed by atoms with Crippen molar-refractivity contribution in [1.82, 2.24) is 4.90 Å². The third-order valence-electron chi connectivity index (χ3n) is 3.78. The fourth-order valence-electron chi connectivity index (χ4n) is 2.97. The van der Waals surface area contributed by atoms with Gasteiger partial charge in [-0.25, -0.2) is 0 Å². The van der Waals surface area contributed by atoms with Crippen molar-refractivity contribution in [2.75, 3.05) is 6.54 Å². The molecule has 3 nitrogen and oxygen atoms in total. The Morgan fingerprint density at radius 3 is 2.47 bits per heavy atom. The van der Waals surface area contributed by atoms with Crippen LogP contribution < -0.4 is 0 Å². The largest absolute Gasteiger partial charge is 0.481 e. The number of aliphatic carboxylic acids is 1. The SMILES string of the molecule is CC1CCCC(N(CCC(=O)O)C(C)(C)C)C1. The molecular formula is C14H27NO2. The lowest BCUT2D eigenvalue weighted by Gasteiger charge is -2.44. The summed E-state index contributed by atoms with van der Waals surface area (Å²) in [6.07, 6.45) is 5.30. The van der Waals surface area contributed by atoms with E-state index >= 15 is 0 Å². The van der Waals surface area contributed by atoms with Crippen molar-refractivity contribution in [3.8, 4) is 0 Å². The van der Waals surface area contributed by atoms with E-state index in [2.05, 4.69) is 32.6 Å². The van der Waals surface area contributed by atoms with E-state index in [9.17, 15) is 4.79 Å². The zero-order chi connectivity index (χ0) is 13.1. The van der Waals surface area contributed by atoms with Gasteiger partial charge in [0.2, 0.25) is 0 Å². The Morgan fingerprint density at radius 1 is 1.35 bits per heavy atom. The Hall–Kier alpha value is -0.570. The van der Waals surface area contributed by atoms with Crippen LogP contribution in [0.4, 0.5) is 0 Å². The monoisotopic (exact) mass is 241 g/mol. The van der Waals surface area contributed by atoms with E-state index in [1.165, 1.54) is 25.7 Å². The molecule has 2 unspecified atom stereocenters.